The summed E-state index contributed by atoms with van der Waals surface area (Å²) in [5.41, 5.74) is 0.546. The first kappa shape index (κ1) is 12.7. The van der Waals surface area contributed by atoms with E-state index < -0.39 is 11.7 Å². The first-order chi connectivity index (χ1) is 9.48. The standard InChI is InChI=1S/C15H11F3N2/c1-10-19-14-12(15(16,17)18)8-5-9-13(14)20(10)11-6-3-2-4-7-11/h2-9H,1H3. The lowest BCUT2D eigenvalue weighted by atomic mass is 10.1. The van der Waals surface area contributed by atoms with Crippen molar-refractivity contribution in [2.75, 3.05) is 0 Å². The van der Waals surface area contributed by atoms with Gasteiger partial charge in [-0.15, -0.1) is 0 Å². The number of imidazole rings is 1. The van der Waals surface area contributed by atoms with Crippen molar-refractivity contribution in [2.24, 2.45) is 0 Å². The van der Waals surface area contributed by atoms with Crippen molar-refractivity contribution in [2.45, 2.75) is 13.1 Å². The van der Waals surface area contributed by atoms with Gasteiger partial charge in [0, 0.05) is 5.69 Å². The van der Waals surface area contributed by atoms with Crippen LogP contribution in [-0.4, -0.2) is 9.55 Å². The smallest absolute Gasteiger partial charge is 0.297 e. The first-order valence-electron chi connectivity index (χ1n) is 6.09. The molecule has 102 valence electrons. The molecule has 0 bridgehead atoms. The third-order valence-electron chi connectivity index (χ3n) is 3.17. The molecule has 0 unspecified atom stereocenters. The van der Waals surface area contributed by atoms with Crippen molar-refractivity contribution >= 4 is 11.0 Å². The minimum Gasteiger partial charge on any atom is -0.297 e. The molecule has 2 nitrogen and oxygen atoms in total. The molecule has 0 radical (unpaired) electrons. The molecule has 2 aromatic carbocycles. The third kappa shape index (κ3) is 1.95. The number of benzene rings is 2. The van der Waals surface area contributed by atoms with Gasteiger partial charge >= 0.3 is 6.18 Å². The summed E-state index contributed by atoms with van der Waals surface area (Å²) < 4.78 is 40.8. The van der Waals surface area contributed by atoms with Gasteiger partial charge in [0.25, 0.3) is 0 Å². The van der Waals surface area contributed by atoms with E-state index in [1.807, 2.05) is 30.3 Å². The molecule has 3 aromatic rings. The number of aromatic nitrogens is 2. The Hall–Kier alpha value is -2.30. The van der Waals surface area contributed by atoms with Crippen molar-refractivity contribution in [1.29, 1.82) is 0 Å². The number of rotatable bonds is 1. The summed E-state index contributed by atoms with van der Waals surface area (Å²) in [7, 11) is 0. The molecule has 0 saturated carbocycles. The van der Waals surface area contributed by atoms with E-state index in [0.717, 1.165) is 11.8 Å². The fourth-order valence-corrected chi connectivity index (χ4v) is 2.35. The molecule has 0 aliphatic heterocycles. The zero-order chi connectivity index (χ0) is 14.3. The minimum atomic E-state index is -4.40. The van der Waals surface area contributed by atoms with Gasteiger partial charge in [0.15, 0.2) is 0 Å². The molecule has 20 heavy (non-hydrogen) atoms. The summed E-state index contributed by atoms with van der Waals surface area (Å²) in [6, 6.07) is 13.3. The molecule has 0 saturated heterocycles. The SMILES string of the molecule is Cc1nc2c(C(F)(F)F)cccc2n1-c1ccccc1. The largest absolute Gasteiger partial charge is 0.418 e. The molecule has 0 amide bonds. The van der Waals surface area contributed by atoms with Crippen LogP contribution < -0.4 is 0 Å². The molecule has 0 N–H and O–H groups in total. The Morgan fingerprint density at radius 2 is 1.65 bits per heavy atom. The van der Waals surface area contributed by atoms with E-state index in [0.29, 0.717) is 11.3 Å². The van der Waals surface area contributed by atoms with Crippen LogP contribution in [0.2, 0.25) is 0 Å². The van der Waals surface area contributed by atoms with Gasteiger partial charge in [0.1, 0.15) is 11.3 Å². The first-order valence-corrected chi connectivity index (χ1v) is 6.09. The minimum absolute atomic E-state index is 0.0126. The zero-order valence-corrected chi connectivity index (χ0v) is 10.6. The topological polar surface area (TPSA) is 17.8 Å². The van der Waals surface area contributed by atoms with Gasteiger partial charge in [-0.3, -0.25) is 4.57 Å². The van der Waals surface area contributed by atoms with Crippen molar-refractivity contribution < 1.29 is 13.2 Å². The van der Waals surface area contributed by atoms with Gasteiger partial charge in [-0.1, -0.05) is 24.3 Å². The molecular formula is C15H11F3N2. The number of aryl methyl sites for hydroxylation is 1. The Labute approximate surface area is 113 Å². The number of fused-ring (bicyclic) bond motifs is 1. The zero-order valence-electron chi connectivity index (χ0n) is 10.6. The van der Waals surface area contributed by atoms with Gasteiger partial charge in [-0.05, 0) is 31.2 Å². The third-order valence-corrected chi connectivity index (χ3v) is 3.17. The van der Waals surface area contributed by atoms with Crippen LogP contribution in [0, 0.1) is 6.92 Å². The van der Waals surface area contributed by atoms with E-state index in [9.17, 15) is 13.2 Å². The summed E-state index contributed by atoms with van der Waals surface area (Å²) in [5, 5.41) is 0. The van der Waals surface area contributed by atoms with E-state index in [-0.39, 0.29) is 5.52 Å². The van der Waals surface area contributed by atoms with E-state index >= 15 is 0 Å². The molecule has 0 atom stereocenters. The average molecular weight is 276 g/mol. The average Bonchev–Trinajstić information content (AvgIpc) is 2.74. The number of hydrogen-bond acceptors (Lipinski definition) is 1. The van der Waals surface area contributed by atoms with E-state index in [1.54, 1.807) is 17.6 Å². The fraction of sp³-hybridized carbons (Fsp3) is 0.133. The molecular weight excluding hydrogens is 265 g/mol. The summed E-state index contributed by atoms with van der Waals surface area (Å²) in [6.45, 7) is 1.70. The normalized spacial score (nSPS) is 12.0. The Balaban J connectivity index is 2.34. The highest BCUT2D eigenvalue weighted by atomic mass is 19.4. The summed E-state index contributed by atoms with van der Waals surface area (Å²) in [5.74, 6) is 0.530. The monoisotopic (exact) mass is 276 g/mol. The number of alkyl halides is 3. The van der Waals surface area contributed by atoms with Crippen LogP contribution in [0.15, 0.2) is 48.5 Å². The highest BCUT2D eigenvalue weighted by molar-refractivity contribution is 5.82. The van der Waals surface area contributed by atoms with Gasteiger partial charge in [0.05, 0.1) is 11.1 Å². The van der Waals surface area contributed by atoms with Crippen molar-refractivity contribution in [1.82, 2.24) is 9.55 Å². The lowest BCUT2D eigenvalue weighted by Crippen LogP contribution is -2.05. The highest BCUT2D eigenvalue weighted by Crippen LogP contribution is 2.35. The molecule has 0 aliphatic rings. The van der Waals surface area contributed by atoms with Crippen LogP contribution in [0.5, 0.6) is 0 Å². The Morgan fingerprint density at radius 1 is 0.950 bits per heavy atom. The molecule has 0 aliphatic carbocycles. The summed E-state index contributed by atoms with van der Waals surface area (Å²) in [4.78, 5) is 4.10. The maximum Gasteiger partial charge on any atom is 0.418 e. The molecule has 3 rings (SSSR count). The van der Waals surface area contributed by atoms with Crippen molar-refractivity contribution in [3.63, 3.8) is 0 Å². The van der Waals surface area contributed by atoms with Gasteiger partial charge in [0.2, 0.25) is 0 Å². The number of hydrogen-bond donors (Lipinski definition) is 0. The molecule has 0 fully saturated rings. The van der Waals surface area contributed by atoms with E-state index in [4.69, 9.17) is 0 Å². The van der Waals surface area contributed by atoms with Crippen LogP contribution in [0.25, 0.3) is 16.7 Å². The lowest BCUT2D eigenvalue weighted by Gasteiger charge is -2.08. The maximum absolute atomic E-state index is 13.0. The number of para-hydroxylation sites is 2. The van der Waals surface area contributed by atoms with Gasteiger partial charge in [-0.25, -0.2) is 4.98 Å². The second-order valence-corrected chi connectivity index (χ2v) is 4.50. The quantitative estimate of drug-likeness (QED) is 0.646. The summed E-state index contributed by atoms with van der Waals surface area (Å²) in [6.07, 6.45) is -4.40. The molecule has 1 aromatic heterocycles. The van der Waals surface area contributed by atoms with Crippen LogP contribution in [0.3, 0.4) is 0 Å². The Kier molecular flexibility index (Phi) is 2.78. The highest BCUT2D eigenvalue weighted by Gasteiger charge is 2.34. The molecule has 5 heteroatoms. The number of halogens is 3. The van der Waals surface area contributed by atoms with Crippen molar-refractivity contribution in [3.8, 4) is 5.69 Å². The predicted molar refractivity (Wildman–Crippen MR) is 70.8 cm³/mol. The summed E-state index contributed by atoms with van der Waals surface area (Å²) >= 11 is 0. The van der Waals surface area contributed by atoms with Crippen LogP contribution in [0.1, 0.15) is 11.4 Å². The fourth-order valence-electron chi connectivity index (χ4n) is 2.35. The Bertz CT molecular complexity index is 758. The second kappa shape index (κ2) is 4.37. The maximum atomic E-state index is 13.0. The van der Waals surface area contributed by atoms with Crippen LogP contribution >= 0.6 is 0 Å². The van der Waals surface area contributed by atoms with Crippen LogP contribution in [-0.2, 0) is 6.18 Å². The molecule has 0 spiro atoms. The number of nitrogens with zero attached hydrogens (tertiary/aromatic N) is 2. The van der Waals surface area contributed by atoms with Gasteiger partial charge < -0.3 is 0 Å². The Morgan fingerprint density at radius 3 is 2.30 bits per heavy atom. The predicted octanol–water partition coefficient (Wildman–Crippen LogP) is 4.35. The van der Waals surface area contributed by atoms with Gasteiger partial charge in [-0.2, -0.15) is 13.2 Å². The molecule has 1 heterocycles. The second-order valence-electron chi connectivity index (χ2n) is 4.50. The van der Waals surface area contributed by atoms with E-state index in [2.05, 4.69) is 4.98 Å². The van der Waals surface area contributed by atoms with Crippen molar-refractivity contribution in [3.05, 3.63) is 59.9 Å². The van der Waals surface area contributed by atoms with Crippen LogP contribution in [0.4, 0.5) is 13.2 Å². The lowest BCUT2D eigenvalue weighted by molar-refractivity contribution is -0.136. The van der Waals surface area contributed by atoms with E-state index in [1.165, 1.54) is 6.07 Å².